The highest BCUT2D eigenvalue weighted by molar-refractivity contribution is 7.89. The number of ether oxygens (including phenoxy) is 2. The van der Waals surface area contributed by atoms with Crippen molar-refractivity contribution in [3.8, 4) is 0 Å². The lowest BCUT2D eigenvalue weighted by Gasteiger charge is -2.30. The Balaban J connectivity index is 1.80. The average molecular weight is 525 g/mol. The Hall–Kier alpha value is -2.17. The number of nitrogens with one attached hydrogen (secondary N) is 1. The quantitative estimate of drug-likeness (QED) is 0.466. The van der Waals surface area contributed by atoms with Crippen molar-refractivity contribution in [2.24, 2.45) is 5.92 Å². The number of aliphatic hydroxyl groups excluding tert-OH is 1. The number of nitrogens with zero attached hydrogens (tertiary/aromatic N) is 1. The number of amides is 1. The fourth-order valence-electron chi connectivity index (χ4n) is 3.88. The molecule has 1 aliphatic rings. The maximum absolute atomic E-state index is 13.4. The molecule has 35 heavy (non-hydrogen) atoms. The topological polar surface area (TPSA) is 105 Å². The molecule has 1 unspecified atom stereocenters. The highest BCUT2D eigenvalue weighted by atomic mass is 35.5. The third-order valence-electron chi connectivity index (χ3n) is 5.62. The van der Waals surface area contributed by atoms with Crippen LogP contribution in [0.4, 0.5) is 4.79 Å². The van der Waals surface area contributed by atoms with E-state index in [1.807, 2.05) is 44.2 Å². The summed E-state index contributed by atoms with van der Waals surface area (Å²) in [6.45, 7) is 4.63. The van der Waals surface area contributed by atoms with Crippen LogP contribution in [0, 0.1) is 5.92 Å². The molecule has 0 aromatic heterocycles. The molecule has 2 aromatic rings. The minimum atomic E-state index is -3.94. The van der Waals surface area contributed by atoms with Crippen molar-refractivity contribution in [1.29, 1.82) is 0 Å². The third-order valence-corrected chi connectivity index (χ3v) is 7.68. The van der Waals surface area contributed by atoms with Gasteiger partial charge in [-0.3, -0.25) is 0 Å². The average Bonchev–Trinajstić information content (AvgIpc) is 3.31. The second-order valence-electron chi connectivity index (χ2n) is 9.07. The zero-order valence-corrected chi connectivity index (χ0v) is 21.5. The van der Waals surface area contributed by atoms with Gasteiger partial charge < -0.3 is 19.9 Å². The number of hydrogen-bond donors (Lipinski definition) is 2. The van der Waals surface area contributed by atoms with E-state index in [0.29, 0.717) is 31.1 Å². The number of hydrogen-bond acceptors (Lipinski definition) is 6. The van der Waals surface area contributed by atoms with Crippen LogP contribution in [0.15, 0.2) is 59.5 Å². The standard InChI is InChI=1S/C25H33ClN2O6S/c1-18(2)15-28(35(31,32)22-10-6-9-20(26)14-22)16-24(29)23(13-19-7-4-3-5-8-19)27-25(30)34-21-11-12-33-17-21/h3-10,14,18,21,23-24,29H,11-13,15-17H2,1-2H3,(H,27,30)/t21-,23?,24-/m0/s1. The monoisotopic (exact) mass is 524 g/mol. The summed E-state index contributed by atoms with van der Waals surface area (Å²) in [6, 6.07) is 14.6. The maximum atomic E-state index is 13.4. The van der Waals surface area contributed by atoms with Gasteiger partial charge in [0.15, 0.2) is 0 Å². The van der Waals surface area contributed by atoms with Crippen LogP contribution in [0.1, 0.15) is 25.8 Å². The van der Waals surface area contributed by atoms with E-state index in [4.69, 9.17) is 21.1 Å². The van der Waals surface area contributed by atoms with E-state index in [-0.39, 0.29) is 30.0 Å². The molecule has 2 N–H and O–H groups in total. The second-order valence-corrected chi connectivity index (χ2v) is 11.4. The summed E-state index contributed by atoms with van der Waals surface area (Å²) in [5.74, 6) is 0.00373. The summed E-state index contributed by atoms with van der Waals surface area (Å²) in [7, 11) is -3.94. The van der Waals surface area contributed by atoms with Crippen molar-refractivity contribution in [3.63, 3.8) is 0 Å². The number of halogens is 1. The molecule has 1 heterocycles. The summed E-state index contributed by atoms with van der Waals surface area (Å²) in [5.41, 5.74) is 0.883. The van der Waals surface area contributed by atoms with Crippen LogP contribution in [-0.4, -0.2) is 68.5 Å². The molecule has 1 aliphatic heterocycles. The minimum Gasteiger partial charge on any atom is -0.444 e. The van der Waals surface area contributed by atoms with Crippen LogP contribution >= 0.6 is 11.6 Å². The predicted octanol–water partition coefficient (Wildman–Crippen LogP) is 3.47. The Labute approximate surface area is 212 Å². The van der Waals surface area contributed by atoms with Crippen LogP contribution < -0.4 is 5.32 Å². The first-order valence-corrected chi connectivity index (χ1v) is 13.5. The van der Waals surface area contributed by atoms with E-state index in [2.05, 4.69) is 5.32 Å². The molecule has 1 saturated heterocycles. The molecule has 192 valence electrons. The Morgan fingerprint density at radius 2 is 1.94 bits per heavy atom. The largest absolute Gasteiger partial charge is 0.444 e. The Kier molecular flexibility index (Phi) is 9.94. The van der Waals surface area contributed by atoms with Gasteiger partial charge in [-0.1, -0.05) is 61.8 Å². The molecule has 0 spiro atoms. The normalized spacial score (nSPS) is 17.9. The van der Waals surface area contributed by atoms with E-state index in [9.17, 15) is 18.3 Å². The molecule has 1 fully saturated rings. The Bertz CT molecular complexity index is 1060. The van der Waals surface area contributed by atoms with E-state index in [0.717, 1.165) is 5.56 Å². The molecule has 1 amide bonds. The van der Waals surface area contributed by atoms with Crippen LogP contribution in [0.25, 0.3) is 0 Å². The van der Waals surface area contributed by atoms with E-state index < -0.39 is 28.3 Å². The molecule has 2 aromatic carbocycles. The summed E-state index contributed by atoms with van der Waals surface area (Å²) >= 11 is 6.03. The fraction of sp³-hybridized carbons (Fsp3) is 0.480. The molecular weight excluding hydrogens is 492 g/mol. The highest BCUT2D eigenvalue weighted by Crippen LogP contribution is 2.22. The number of benzene rings is 2. The van der Waals surface area contributed by atoms with Gasteiger partial charge in [-0.2, -0.15) is 4.31 Å². The van der Waals surface area contributed by atoms with Gasteiger partial charge in [0.25, 0.3) is 0 Å². The van der Waals surface area contributed by atoms with Crippen molar-refractivity contribution in [2.75, 3.05) is 26.3 Å². The SMILES string of the molecule is CC(C)CN(C[C@H](O)C(Cc1ccccc1)NC(=O)O[C@H]1CCOC1)S(=O)(=O)c1cccc(Cl)c1. The fourth-order valence-corrected chi connectivity index (χ4v) is 5.81. The van der Waals surface area contributed by atoms with E-state index in [1.54, 1.807) is 12.1 Å². The van der Waals surface area contributed by atoms with Gasteiger partial charge in [0.2, 0.25) is 10.0 Å². The molecule has 0 radical (unpaired) electrons. The number of rotatable bonds is 11. The van der Waals surface area contributed by atoms with Gasteiger partial charge in [0.05, 0.1) is 30.3 Å². The first-order chi connectivity index (χ1) is 16.6. The first-order valence-electron chi connectivity index (χ1n) is 11.7. The van der Waals surface area contributed by atoms with Gasteiger partial charge >= 0.3 is 6.09 Å². The minimum absolute atomic E-state index is 0.00373. The molecule has 8 nitrogen and oxygen atoms in total. The molecule has 0 bridgehead atoms. The number of carbonyl (C=O) groups excluding carboxylic acids is 1. The van der Waals surface area contributed by atoms with E-state index >= 15 is 0 Å². The lowest BCUT2D eigenvalue weighted by molar-refractivity contribution is 0.0644. The number of alkyl carbamates (subject to hydrolysis) is 1. The van der Waals surface area contributed by atoms with Gasteiger partial charge in [0.1, 0.15) is 6.10 Å². The molecule has 3 rings (SSSR count). The molecule has 0 aliphatic carbocycles. The summed E-state index contributed by atoms with van der Waals surface area (Å²) < 4.78 is 38.7. The maximum Gasteiger partial charge on any atom is 0.407 e. The number of carbonyl (C=O) groups is 1. The molecule has 3 atom stereocenters. The number of sulfonamides is 1. The molecular formula is C25H33ClN2O6S. The Morgan fingerprint density at radius 1 is 1.20 bits per heavy atom. The lowest BCUT2D eigenvalue weighted by Crippen LogP contribution is -2.51. The third kappa shape index (κ3) is 8.18. The summed E-state index contributed by atoms with van der Waals surface area (Å²) in [4.78, 5) is 12.6. The highest BCUT2D eigenvalue weighted by Gasteiger charge is 2.32. The molecule has 10 heteroatoms. The Morgan fingerprint density at radius 3 is 2.57 bits per heavy atom. The van der Waals surface area contributed by atoms with Crippen LogP contribution in [-0.2, 0) is 25.9 Å². The molecule has 0 saturated carbocycles. The van der Waals surface area contributed by atoms with Crippen molar-refractivity contribution in [1.82, 2.24) is 9.62 Å². The summed E-state index contributed by atoms with van der Waals surface area (Å²) in [6.07, 6.45) is -1.31. The van der Waals surface area contributed by atoms with Crippen molar-refractivity contribution >= 4 is 27.7 Å². The number of aliphatic hydroxyl groups is 1. The van der Waals surface area contributed by atoms with Gasteiger partial charge in [-0.25, -0.2) is 13.2 Å². The second kappa shape index (κ2) is 12.7. The van der Waals surface area contributed by atoms with Crippen LogP contribution in [0.2, 0.25) is 5.02 Å². The summed E-state index contributed by atoms with van der Waals surface area (Å²) in [5, 5.41) is 14.2. The van der Waals surface area contributed by atoms with E-state index in [1.165, 1.54) is 16.4 Å². The van der Waals surface area contributed by atoms with Crippen molar-refractivity contribution in [3.05, 3.63) is 65.2 Å². The first kappa shape index (κ1) is 27.4. The van der Waals surface area contributed by atoms with Gasteiger partial charge in [-0.05, 0) is 36.1 Å². The van der Waals surface area contributed by atoms with Crippen molar-refractivity contribution < 1.29 is 27.8 Å². The van der Waals surface area contributed by atoms with Gasteiger partial charge in [-0.15, -0.1) is 0 Å². The zero-order valence-electron chi connectivity index (χ0n) is 20.0. The predicted molar refractivity (Wildman–Crippen MR) is 134 cm³/mol. The van der Waals surface area contributed by atoms with Crippen molar-refractivity contribution in [2.45, 2.75) is 49.8 Å². The van der Waals surface area contributed by atoms with Crippen LogP contribution in [0.5, 0.6) is 0 Å². The van der Waals surface area contributed by atoms with Crippen LogP contribution in [0.3, 0.4) is 0 Å². The lowest BCUT2D eigenvalue weighted by atomic mass is 10.0. The smallest absolute Gasteiger partial charge is 0.407 e. The zero-order chi connectivity index (χ0) is 25.4. The van der Waals surface area contributed by atoms with Gasteiger partial charge in [0, 0.05) is 24.5 Å².